The van der Waals surface area contributed by atoms with Gasteiger partial charge in [0.25, 0.3) is 11.8 Å². The number of hydrogen-bond donors (Lipinski definition) is 2. The third-order valence-corrected chi connectivity index (χ3v) is 3.61. The van der Waals surface area contributed by atoms with Gasteiger partial charge >= 0.3 is 5.97 Å². The average Bonchev–Trinajstić information content (AvgIpc) is 3.41. The fourth-order valence-electron chi connectivity index (χ4n) is 2.31. The van der Waals surface area contributed by atoms with Crippen LogP contribution in [0.3, 0.4) is 0 Å². The van der Waals surface area contributed by atoms with Gasteiger partial charge in [-0.3, -0.25) is 9.59 Å². The van der Waals surface area contributed by atoms with E-state index in [4.69, 9.17) is 8.83 Å². The molecule has 2 N–H and O–H groups in total. The summed E-state index contributed by atoms with van der Waals surface area (Å²) in [6.07, 6.45) is 4.17. The molecule has 3 aromatic rings. The number of carbonyl (C=O) groups is 3. The lowest BCUT2D eigenvalue weighted by Crippen LogP contribution is -2.30. The van der Waals surface area contributed by atoms with Crippen molar-refractivity contribution in [2.75, 3.05) is 12.4 Å². The maximum absolute atomic E-state index is 12.7. The highest BCUT2D eigenvalue weighted by Crippen LogP contribution is 2.14. The molecule has 0 unspecified atom stereocenters. The van der Waals surface area contributed by atoms with E-state index in [0.717, 1.165) is 0 Å². The highest BCUT2D eigenvalue weighted by molar-refractivity contribution is 6.10. The van der Waals surface area contributed by atoms with Crippen LogP contribution in [0.4, 0.5) is 5.69 Å². The van der Waals surface area contributed by atoms with Crippen molar-refractivity contribution in [1.82, 2.24) is 5.32 Å². The molecular formula is C20H16N2O6. The van der Waals surface area contributed by atoms with Crippen molar-refractivity contribution in [3.05, 3.63) is 83.8 Å². The number of nitrogens with one attached hydrogen (secondary N) is 2. The standard InChI is InChI=1S/C20H16N2O6/c1-26-20(25)13-5-2-6-14(11-13)21-18(23)16(12-15-7-3-9-27-15)22-19(24)17-8-4-10-28-17/h2-12H,1H3,(H,21,23)(H,22,24)/b16-12+. The molecule has 0 aliphatic rings. The van der Waals surface area contributed by atoms with Crippen LogP contribution in [0.25, 0.3) is 6.08 Å². The SMILES string of the molecule is COC(=O)c1cccc(NC(=O)/C(=C\c2ccco2)NC(=O)c2ccco2)c1. The van der Waals surface area contributed by atoms with Crippen LogP contribution in [-0.2, 0) is 9.53 Å². The first-order valence-electron chi connectivity index (χ1n) is 8.16. The molecule has 142 valence electrons. The van der Waals surface area contributed by atoms with Crippen molar-refractivity contribution in [2.45, 2.75) is 0 Å². The summed E-state index contributed by atoms with van der Waals surface area (Å²) in [5, 5.41) is 5.11. The van der Waals surface area contributed by atoms with Crippen LogP contribution in [0.5, 0.6) is 0 Å². The summed E-state index contributed by atoms with van der Waals surface area (Å²) in [7, 11) is 1.27. The second kappa shape index (κ2) is 8.54. The lowest BCUT2D eigenvalue weighted by molar-refractivity contribution is -0.113. The van der Waals surface area contributed by atoms with Crippen LogP contribution in [-0.4, -0.2) is 24.9 Å². The molecule has 2 heterocycles. The van der Waals surface area contributed by atoms with E-state index in [1.165, 1.54) is 37.8 Å². The number of esters is 1. The molecule has 28 heavy (non-hydrogen) atoms. The van der Waals surface area contributed by atoms with Gasteiger partial charge < -0.3 is 24.2 Å². The zero-order chi connectivity index (χ0) is 19.9. The molecule has 0 radical (unpaired) electrons. The van der Waals surface area contributed by atoms with Crippen LogP contribution < -0.4 is 10.6 Å². The topological polar surface area (TPSA) is 111 Å². The first-order valence-corrected chi connectivity index (χ1v) is 8.16. The Morgan fingerprint density at radius 2 is 1.79 bits per heavy atom. The molecule has 0 aliphatic carbocycles. The van der Waals surface area contributed by atoms with Gasteiger partial charge in [0.05, 0.1) is 25.2 Å². The number of amides is 2. The van der Waals surface area contributed by atoms with Crippen LogP contribution in [0.15, 0.2) is 75.6 Å². The third-order valence-electron chi connectivity index (χ3n) is 3.61. The first kappa shape index (κ1) is 18.7. The molecule has 3 rings (SSSR count). The number of benzene rings is 1. The quantitative estimate of drug-likeness (QED) is 0.502. The molecule has 0 fully saturated rings. The summed E-state index contributed by atoms with van der Waals surface area (Å²) < 4.78 is 14.9. The molecule has 0 saturated carbocycles. The molecule has 0 atom stereocenters. The first-order chi connectivity index (χ1) is 13.6. The second-order valence-corrected chi connectivity index (χ2v) is 5.53. The van der Waals surface area contributed by atoms with Gasteiger partial charge in [0.2, 0.25) is 0 Å². The Morgan fingerprint density at radius 1 is 1.00 bits per heavy atom. The van der Waals surface area contributed by atoms with E-state index in [1.807, 2.05) is 0 Å². The molecule has 2 amide bonds. The highest BCUT2D eigenvalue weighted by atomic mass is 16.5. The van der Waals surface area contributed by atoms with Crippen LogP contribution in [0, 0.1) is 0 Å². The van der Waals surface area contributed by atoms with Gasteiger partial charge in [0.15, 0.2) is 5.76 Å². The molecule has 8 nitrogen and oxygen atoms in total. The minimum absolute atomic E-state index is 0.0471. The predicted octanol–water partition coefficient (Wildman–Crippen LogP) is 3.07. The zero-order valence-electron chi connectivity index (χ0n) is 14.8. The van der Waals surface area contributed by atoms with Crippen molar-refractivity contribution < 1.29 is 28.0 Å². The Morgan fingerprint density at radius 3 is 2.46 bits per heavy atom. The second-order valence-electron chi connectivity index (χ2n) is 5.53. The van der Waals surface area contributed by atoms with Crippen molar-refractivity contribution >= 4 is 29.5 Å². The molecule has 0 aliphatic heterocycles. The van der Waals surface area contributed by atoms with Gasteiger partial charge in [0, 0.05) is 11.8 Å². The smallest absolute Gasteiger partial charge is 0.337 e. The van der Waals surface area contributed by atoms with E-state index in [0.29, 0.717) is 11.4 Å². The molecule has 0 saturated heterocycles. The summed E-state index contributed by atoms with van der Waals surface area (Å²) in [4.78, 5) is 36.6. The Labute approximate surface area is 159 Å². The van der Waals surface area contributed by atoms with Crippen LogP contribution in [0.2, 0.25) is 0 Å². The highest BCUT2D eigenvalue weighted by Gasteiger charge is 2.17. The van der Waals surface area contributed by atoms with Crippen LogP contribution >= 0.6 is 0 Å². The van der Waals surface area contributed by atoms with Crippen LogP contribution in [0.1, 0.15) is 26.7 Å². The van der Waals surface area contributed by atoms with Crippen molar-refractivity contribution in [3.63, 3.8) is 0 Å². The largest absolute Gasteiger partial charge is 0.465 e. The van der Waals surface area contributed by atoms with Gasteiger partial charge in [-0.1, -0.05) is 6.07 Å². The average molecular weight is 380 g/mol. The Kier molecular flexibility index (Phi) is 5.71. The Balaban J connectivity index is 1.82. The Hall–Kier alpha value is -4.07. The number of carbonyl (C=O) groups excluding carboxylic acids is 3. The predicted molar refractivity (Wildman–Crippen MR) is 99.3 cm³/mol. The number of anilines is 1. The van der Waals surface area contributed by atoms with E-state index in [-0.39, 0.29) is 17.0 Å². The Bertz CT molecular complexity index is 1000. The number of hydrogen-bond acceptors (Lipinski definition) is 6. The van der Waals surface area contributed by atoms with E-state index in [1.54, 1.807) is 36.4 Å². The fourth-order valence-corrected chi connectivity index (χ4v) is 2.31. The lowest BCUT2D eigenvalue weighted by Gasteiger charge is -2.10. The number of methoxy groups -OCH3 is 1. The fraction of sp³-hybridized carbons (Fsp3) is 0.0500. The number of ether oxygens (including phenoxy) is 1. The van der Waals surface area contributed by atoms with Crippen molar-refractivity contribution in [3.8, 4) is 0 Å². The van der Waals surface area contributed by atoms with Crippen molar-refractivity contribution in [1.29, 1.82) is 0 Å². The van der Waals surface area contributed by atoms with E-state index in [2.05, 4.69) is 15.4 Å². The summed E-state index contributed by atoms with van der Waals surface area (Å²) in [6, 6.07) is 12.5. The summed E-state index contributed by atoms with van der Waals surface area (Å²) in [5.41, 5.74) is 0.557. The van der Waals surface area contributed by atoms with Gasteiger partial charge in [-0.2, -0.15) is 0 Å². The number of furan rings is 2. The number of rotatable bonds is 6. The normalized spacial score (nSPS) is 11.0. The van der Waals surface area contributed by atoms with Gasteiger partial charge in [-0.05, 0) is 42.5 Å². The molecule has 0 spiro atoms. The van der Waals surface area contributed by atoms with E-state index < -0.39 is 17.8 Å². The van der Waals surface area contributed by atoms with Gasteiger partial charge in [0.1, 0.15) is 11.5 Å². The summed E-state index contributed by atoms with van der Waals surface area (Å²) in [6.45, 7) is 0. The molecular weight excluding hydrogens is 364 g/mol. The van der Waals surface area contributed by atoms with Crippen molar-refractivity contribution in [2.24, 2.45) is 0 Å². The monoisotopic (exact) mass is 380 g/mol. The molecule has 2 aromatic heterocycles. The van der Waals surface area contributed by atoms with Gasteiger partial charge in [-0.15, -0.1) is 0 Å². The third kappa shape index (κ3) is 4.55. The maximum atomic E-state index is 12.7. The molecule has 0 bridgehead atoms. The lowest BCUT2D eigenvalue weighted by atomic mass is 10.2. The zero-order valence-corrected chi connectivity index (χ0v) is 14.8. The minimum Gasteiger partial charge on any atom is -0.465 e. The van der Waals surface area contributed by atoms with Gasteiger partial charge in [-0.25, -0.2) is 4.79 Å². The maximum Gasteiger partial charge on any atom is 0.337 e. The summed E-state index contributed by atoms with van der Waals surface area (Å²) >= 11 is 0. The molecule has 1 aromatic carbocycles. The molecule has 8 heteroatoms. The van der Waals surface area contributed by atoms with E-state index >= 15 is 0 Å². The van der Waals surface area contributed by atoms with E-state index in [9.17, 15) is 14.4 Å². The summed E-state index contributed by atoms with van der Waals surface area (Å²) in [5.74, 6) is -1.33. The minimum atomic E-state index is -0.613.